The first kappa shape index (κ1) is 13.5. The van der Waals surface area contributed by atoms with Crippen LogP contribution in [0.2, 0.25) is 0 Å². The fraction of sp³-hybridized carbons (Fsp3) is 0.600. The van der Waals surface area contributed by atoms with Crippen molar-refractivity contribution in [2.24, 2.45) is 0 Å². The summed E-state index contributed by atoms with van der Waals surface area (Å²) in [6.07, 6.45) is 0.498. The van der Waals surface area contributed by atoms with Crippen molar-refractivity contribution in [2.45, 2.75) is 57.8 Å². The molecule has 0 aliphatic carbocycles. The minimum absolute atomic E-state index is 0.252. The molecule has 1 aliphatic heterocycles. The van der Waals surface area contributed by atoms with E-state index in [0.717, 1.165) is 5.56 Å². The number of halogens is 1. The van der Waals surface area contributed by atoms with Crippen LogP contribution in [0.3, 0.4) is 0 Å². The summed E-state index contributed by atoms with van der Waals surface area (Å²) in [7, 11) is 0. The van der Waals surface area contributed by atoms with E-state index in [1.54, 1.807) is 19.1 Å². The second kappa shape index (κ2) is 3.78. The largest absolute Gasteiger partial charge is 0.382 e. The summed E-state index contributed by atoms with van der Waals surface area (Å²) < 4.78 is 19.3. The van der Waals surface area contributed by atoms with Crippen molar-refractivity contribution in [3.63, 3.8) is 0 Å². The van der Waals surface area contributed by atoms with Crippen molar-refractivity contribution < 1.29 is 14.2 Å². The number of rotatable bonds is 1. The molecule has 0 aromatic heterocycles. The van der Waals surface area contributed by atoms with Crippen LogP contribution in [0.1, 0.15) is 45.2 Å². The quantitative estimate of drug-likeness (QED) is 0.831. The van der Waals surface area contributed by atoms with Crippen molar-refractivity contribution in [3.05, 3.63) is 35.1 Å². The van der Waals surface area contributed by atoms with Crippen LogP contribution in [0.4, 0.5) is 4.39 Å². The fourth-order valence-electron chi connectivity index (χ4n) is 2.99. The predicted octanol–water partition coefficient (Wildman–Crippen LogP) is 3.30. The first-order valence-electron chi connectivity index (χ1n) is 6.27. The van der Waals surface area contributed by atoms with Crippen LogP contribution < -0.4 is 0 Å². The van der Waals surface area contributed by atoms with Gasteiger partial charge in [-0.3, -0.25) is 0 Å². The molecular weight excluding hydrogens is 231 g/mol. The maximum atomic E-state index is 13.3. The molecule has 1 aliphatic rings. The first-order valence-corrected chi connectivity index (χ1v) is 6.27. The third kappa shape index (κ3) is 1.95. The molecule has 0 radical (unpaired) electrons. The van der Waals surface area contributed by atoms with E-state index < -0.39 is 11.2 Å². The zero-order valence-corrected chi connectivity index (χ0v) is 11.7. The fourth-order valence-corrected chi connectivity index (χ4v) is 2.99. The molecule has 0 saturated carbocycles. The van der Waals surface area contributed by atoms with E-state index in [0.29, 0.717) is 12.0 Å². The van der Waals surface area contributed by atoms with Gasteiger partial charge in [0.1, 0.15) is 11.4 Å². The molecule has 1 heterocycles. The Labute approximate surface area is 108 Å². The molecule has 0 spiro atoms. The molecule has 100 valence electrons. The van der Waals surface area contributed by atoms with Crippen LogP contribution >= 0.6 is 0 Å². The Hall–Kier alpha value is -0.930. The van der Waals surface area contributed by atoms with E-state index in [9.17, 15) is 9.50 Å². The Balaban J connectivity index is 2.51. The maximum Gasteiger partial charge on any atom is 0.126 e. The molecule has 3 heteroatoms. The summed E-state index contributed by atoms with van der Waals surface area (Å²) in [5.41, 5.74) is -0.908. The van der Waals surface area contributed by atoms with E-state index in [-0.39, 0.29) is 11.4 Å². The van der Waals surface area contributed by atoms with Crippen LogP contribution in [0.5, 0.6) is 0 Å². The van der Waals surface area contributed by atoms with Gasteiger partial charge in [-0.05, 0) is 51.8 Å². The Morgan fingerprint density at radius 2 is 1.83 bits per heavy atom. The number of hydrogen-bond donors (Lipinski definition) is 1. The van der Waals surface area contributed by atoms with Gasteiger partial charge in [-0.2, -0.15) is 0 Å². The highest BCUT2D eigenvalue weighted by atomic mass is 19.1. The highest BCUT2D eigenvalue weighted by molar-refractivity contribution is 5.33. The molecule has 18 heavy (non-hydrogen) atoms. The van der Waals surface area contributed by atoms with E-state index in [1.807, 2.05) is 27.7 Å². The van der Waals surface area contributed by atoms with Gasteiger partial charge in [0.15, 0.2) is 0 Å². The normalized spacial score (nSPS) is 29.5. The third-order valence-electron chi connectivity index (χ3n) is 3.84. The number of benzene rings is 1. The van der Waals surface area contributed by atoms with Gasteiger partial charge < -0.3 is 9.84 Å². The second-order valence-electron chi connectivity index (χ2n) is 6.37. The average molecular weight is 252 g/mol. The monoisotopic (exact) mass is 252 g/mol. The molecule has 1 fully saturated rings. The molecule has 1 atom stereocenters. The molecule has 1 N–H and O–H groups in total. The minimum atomic E-state index is -1.09. The lowest BCUT2D eigenvalue weighted by Gasteiger charge is -2.35. The molecule has 2 rings (SSSR count). The Morgan fingerprint density at radius 3 is 2.28 bits per heavy atom. The van der Waals surface area contributed by atoms with E-state index in [1.165, 1.54) is 6.07 Å². The first-order chi connectivity index (χ1) is 8.07. The molecule has 1 saturated heterocycles. The second-order valence-corrected chi connectivity index (χ2v) is 6.37. The Bertz CT molecular complexity index is 479. The van der Waals surface area contributed by atoms with Gasteiger partial charge in [-0.15, -0.1) is 0 Å². The van der Waals surface area contributed by atoms with Gasteiger partial charge in [0.05, 0.1) is 11.2 Å². The summed E-state index contributed by atoms with van der Waals surface area (Å²) in [4.78, 5) is 0. The van der Waals surface area contributed by atoms with Gasteiger partial charge >= 0.3 is 0 Å². The molecule has 1 unspecified atom stereocenters. The maximum absolute atomic E-state index is 13.3. The summed E-state index contributed by atoms with van der Waals surface area (Å²) in [6, 6.07) is 4.76. The number of aliphatic hydroxyl groups is 1. The topological polar surface area (TPSA) is 29.5 Å². The lowest BCUT2D eigenvalue weighted by Crippen LogP contribution is -2.43. The molecule has 1 aromatic rings. The number of hydrogen-bond acceptors (Lipinski definition) is 2. The van der Waals surface area contributed by atoms with Crippen LogP contribution in [-0.4, -0.2) is 16.3 Å². The van der Waals surface area contributed by atoms with E-state index >= 15 is 0 Å². The standard InChI is InChI=1S/C15H21FO2/c1-10-8-11(6-7-12(10)16)15(17)9-13(2,3)18-14(15,4)5/h6-8,17H,9H2,1-5H3. The van der Waals surface area contributed by atoms with Gasteiger partial charge in [0.2, 0.25) is 0 Å². The molecular formula is C15H21FO2. The lowest BCUT2D eigenvalue weighted by atomic mass is 9.77. The van der Waals surface area contributed by atoms with Gasteiger partial charge in [-0.25, -0.2) is 4.39 Å². The van der Waals surface area contributed by atoms with Crippen LogP contribution in [0.15, 0.2) is 18.2 Å². The van der Waals surface area contributed by atoms with Crippen molar-refractivity contribution >= 4 is 0 Å². The van der Waals surface area contributed by atoms with Gasteiger partial charge in [0.25, 0.3) is 0 Å². The van der Waals surface area contributed by atoms with E-state index in [2.05, 4.69) is 0 Å². The van der Waals surface area contributed by atoms with Gasteiger partial charge in [-0.1, -0.05) is 12.1 Å². The third-order valence-corrected chi connectivity index (χ3v) is 3.84. The lowest BCUT2D eigenvalue weighted by molar-refractivity contribution is -0.129. The molecule has 2 nitrogen and oxygen atoms in total. The zero-order chi connectivity index (χ0) is 13.8. The summed E-state index contributed by atoms with van der Waals surface area (Å²) in [5, 5.41) is 11.0. The number of aryl methyl sites for hydroxylation is 1. The molecule has 1 aromatic carbocycles. The zero-order valence-electron chi connectivity index (χ0n) is 11.7. The molecule has 0 bridgehead atoms. The number of ether oxygens (including phenoxy) is 1. The Kier molecular flexibility index (Phi) is 2.84. The summed E-state index contributed by atoms with van der Waals surface area (Å²) in [6.45, 7) is 9.38. The van der Waals surface area contributed by atoms with Crippen LogP contribution in [0.25, 0.3) is 0 Å². The van der Waals surface area contributed by atoms with Crippen molar-refractivity contribution in [3.8, 4) is 0 Å². The highest BCUT2D eigenvalue weighted by Gasteiger charge is 2.57. The Morgan fingerprint density at radius 1 is 1.22 bits per heavy atom. The van der Waals surface area contributed by atoms with Crippen molar-refractivity contribution in [1.29, 1.82) is 0 Å². The predicted molar refractivity (Wildman–Crippen MR) is 68.9 cm³/mol. The highest BCUT2D eigenvalue weighted by Crippen LogP contribution is 2.50. The SMILES string of the molecule is Cc1cc(C2(O)CC(C)(C)OC2(C)C)ccc1F. The van der Waals surface area contributed by atoms with Crippen molar-refractivity contribution in [2.75, 3.05) is 0 Å². The molecule has 0 amide bonds. The summed E-state index contributed by atoms with van der Waals surface area (Å²) in [5.74, 6) is -0.252. The summed E-state index contributed by atoms with van der Waals surface area (Å²) >= 11 is 0. The van der Waals surface area contributed by atoms with E-state index in [4.69, 9.17) is 4.74 Å². The van der Waals surface area contributed by atoms with Crippen LogP contribution in [0, 0.1) is 12.7 Å². The van der Waals surface area contributed by atoms with Crippen molar-refractivity contribution in [1.82, 2.24) is 0 Å². The average Bonchev–Trinajstić information content (AvgIpc) is 2.36. The van der Waals surface area contributed by atoms with Crippen LogP contribution in [-0.2, 0) is 10.3 Å². The minimum Gasteiger partial charge on any atom is -0.382 e. The smallest absolute Gasteiger partial charge is 0.126 e. The van der Waals surface area contributed by atoms with Gasteiger partial charge in [0, 0.05) is 6.42 Å².